The Labute approximate surface area is 96.5 Å². The summed E-state index contributed by atoms with van der Waals surface area (Å²) in [4.78, 5) is 16.3. The molecule has 0 aromatic heterocycles. The lowest BCUT2D eigenvalue weighted by molar-refractivity contribution is 0.218. The Morgan fingerprint density at radius 3 is 2.75 bits per heavy atom. The third kappa shape index (κ3) is 1.63. The molecular weight excluding hydrogens is 233 g/mol. The van der Waals surface area contributed by atoms with Crippen LogP contribution in [0.3, 0.4) is 0 Å². The average Bonchev–Trinajstić information content (AvgIpc) is 2.47. The Kier molecular flexibility index (Phi) is 2.55. The molecule has 1 aliphatic rings. The highest BCUT2D eigenvalue weighted by Gasteiger charge is 2.31. The summed E-state index contributed by atoms with van der Waals surface area (Å²) in [5, 5.41) is -0.00181. The van der Waals surface area contributed by atoms with Crippen LogP contribution in [0.2, 0.25) is 5.02 Å². The number of hydrogen-bond acceptors (Lipinski definition) is 2. The minimum absolute atomic E-state index is 0.00181. The maximum atomic E-state index is 13.0. The average molecular weight is 242 g/mol. The number of hydrogen-bond donors (Lipinski definition) is 1. The third-order valence-electron chi connectivity index (χ3n) is 2.45. The minimum Gasteiger partial charge on any atom is -0.385 e. The summed E-state index contributed by atoms with van der Waals surface area (Å²) in [6.45, 7) is 0. The molecule has 6 heteroatoms. The van der Waals surface area contributed by atoms with Gasteiger partial charge < -0.3 is 10.6 Å². The van der Waals surface area contributed by atoms with Crippen LogP contribution in [-0.4, -0.2) is 23.8 Å². The van der Waals surface area contributed by atoms with Gasteiger partial charge in [0.2, 0.25) is 0 Å². The Bertz CT molecular complexity index is 489. The Balaban J connectivity index is 2.42. The van der Waals surface area contributed by atoms with E-state index in [0.29, 0.717) is 5.56 Å². The van der Waals surface area contributed by atoms with Crippen LogP contribution in [0.25, 0.3) is 0 Å². The van der Waals surface area contributed by atoms with E-state index in [1.54, 1.807) is 7.05 Å². The number of halogens is 2. The van der Waals surface area contributed by atoms with Crippen molar-refractivity contribution in [1.82, 2.24) is 4.90 Å². The first-order valence-corrected chi connectivity index (χ1v) is 4.94. The highest BCUT2D eigenvalue weighted by atomic mass is 35.5. The van der Waals surface area contributed by atoms with Crippen molar-refractivity contribution in [3.63, 3.8) is 0 Å². The van der Waals surface area contributed by atoms with Crippen molar-refractivity contribution in [2.45, 2.75) is 6.04 Å². The van der Waals surface area contributed by atoms with Crippen LogP contribution in [0.15, 0.2) is 23.2 Å². The van der Waals surface area contributed by atoms with E-state index >= 15 is 0 Å². The zero-order valence-corrected chi connectivity index (χ0v) is 9.20. The molecule has 84 valence electrons. The van der Waals surface area contributed by atoms with Crippen LogP contribution in [0.5, 0.6) is 0 Å². The second kappa shape index (κ2) is 3.75. The van der Waals surface area contributed by atoms with Crippen molar-refractivity contribution >= 4 is 23.5 Å². The van der Waals surface area contributed by atoms with Crippen LogP contribution in [0, 0.1) is 5.82 Å². The quantitative estimate of drug-likeness (QED) is 0.817. The lowest BCUT2D eigenvalue weighted by Gasteiger charge is -2.19. The number of urea groups is 1. The van der Waals surface area contributed by atoms with Gasteiger partial charge in [-0.3, -0.25) is 0 Å². The Morgan fingerprint density at radius 1 is 1.56 bits per heavy atom. The van der Waals surface area contributed by atoms with E-state index in [4.69, 9.17) is 17.3 Å². The second-order valence-corrected chi connectivity index (χ2v) is 3.91. The molecular formula is C10H9ClFN3O. The monoisotopic (exact) mass is 241 g/mol. The Hall–Kier alpha value is -1.62. The van der Waals surface area contributed by atoms with E-state index < -0.39 is 17.9 Å². The molecule has 1 heterocycles. The van der Waals surface area contributed by atoms with Crippen molar-refractivity contribution in [3.05, 3.63) is 34.6 Å². The number of carbonyl (C=O) groups is 1. The number of benzene rings is 1. The normalized spacial score (nSPS) is 20.2. The molecule has 2 N–H and O–H groups in total. The van der Waals surface area contributed by atoms with Crippen molar-refractivity contribution in [2.24, 2.45) is 10.7 Å². The first kappa shape index (κ1) is 10.9. The molecule has 2 amide bonds. The van der Waals surface area contributed by atoms with Crippen molar-refractivity contribution in [1.29, 1.82) is 0 Å². The third-order valence-corrected chi connectivity index (χ3v) is 2.74. The largest absolute Gasteiger partial charge is 0.385 e. The molecule has 1 atom stereocenters. The van der Waals surface area contributed by atoms with E-state index in [1.807, 2.05) is 0 Å². The van der Waals surface area contributed by atoms with Crippen molar-refractivity contribution in [3.8, 4) is 0 Å². The first-order chi connectivity index (χ1) is 7.50. The number of amides is 2. The van der Waals surface area contributed by atoms with E-state index in [9.17, 15) is 9.18 Å². The number of rotatable bonds is 1. The zero-order valence-electron chi connectivity index (χ0n) is 8.45. The van der Waals surface area contributed by atoms with Crippen LogP contribution >= 0.6 is 11.6 Å². The van der Waals surface area contributed by atoms with Crippen LogP contribution in [-0.2, 0) is 0 Å². The van der Waals surface area contributed by atoms with Gasteiger partial charge in [-0.1, -0.05) is 17.7 Å². The molecule has 0 aliphatic carbocycles. The number of nitrogens with zero attached hydrogens (tertiary/aromatic N) is 2. The summed E-state index contributed by atoms with van der Waals surface area (Å²) in [7, 11) is 1.58. The fraction of sp³-hybridized carbons (Fsp3) is 0.200. The molecule has 0 saturated heterocycles. The van der Waals surface area contributed by atoms with Gasteiger partial charge in [-0.15, -0.1) is 0 Å². The molecule has 0 bridgehead atoms. The van der Waals surface area contributed by atoms with Crippen LogP contribution in [0.4, 0.5) is 9.18 Å². The van der Waals surface area contributed by atoms with E-state index in [2.05, 4.69) is 4.99 Å². The molecule has 0 spiro atoms. The number of likely N-dealkylation sites (N-methyl/N-ethyl adjacent to an activating group) is 1. The molecule has 16 heavy (non-hydrogen) atoms. The number of carbonyl (C=O) groups excluding carboxylic acids is 1. The number of amidine groups is 1. The van der Waals surface area contributed by atoms with E-state index in [0.717, 1.165) is 0 Å². The van der Waals surface area contributed by atoms with E-state index in [-0.39, 0.29) is 10.9 Å². The van der Waals surface area contributed by atoms with Gasteiger partial charge in [0.05, 0.1) is 5.02 Å². The Morgan fingerprint density at radius 2 is 2.25 bits per heavy atom. The summed E-state index contributed by atoms with van der Waals surface area (Å²) in [6.07, 6.45) is 0. The molecule has 1 aliphatic heterocycles. The van der Waals surface area contributed by atoms with Gasteiger partial charge in [0, 0.05) is 7.05 Å². The predicted molar refractivity (Wildman–Crippen MR) is 58.9 cm³/mol. The van der Waals surface area contributed by atoms with E-state index in [1.165, 1.54) is 23.1 Å². The number of nitrogens with two attached hydrogens (primary N) is 1. The molecule has 0 saturated carbocycles. The molecule has 1 unspecified atom stereocenters. The fourth-order valence-corrected chi connectivity index (χ4v) is 1.83. The summed E-state index contributed by atoms with van der Waals surface area (Å²) in [6, 6.07) is 3.33. The standard InChI is InChI=1S/C10H9ClFN3O/c1-15-8(9(13)14-10(15)16)5-2-3-7(12)6(11)4-5/h2-4,8H,1H3,(H2,13,14,16). The van der Waals surface area contributed by atoms with Gasteiger partial charge in [-0.05, 0) is 17.7 Å². The molecule has 1 aromatic carbocycles. The van der Waals surface area contributed by atoms with Crippen LogP contribution < -0.4 is 5.73 Å². The lowest BCUT2D eigenvalue weighted by atomic mass is 10.1. The molecule has 4 nitrogen and oxygen atoms in total. The maximum absolute atomic E-state index is 13.0. The van der Waals surface area contributed by atoms with Gasteiger partial charge >= 0.3 is 6.03 Å². The molecule has 2 rings (SSSR count). The zero-order chi connectivity index (χ0) is 11.9. The molecule has 0 fully saturated rings. The molecule has 1 aromatic rings. The SMILES string of the molecule is CN1C(=O)N=C(N)C1c1ccc(F)c(Cl)c1. The summed E-state index contributed by atoms with van der Waals surface area (Å²) in [5.74, 6) is -0.317. The summed E-state index contributed by atoms with van der Waals surface area (Å²) < 4.78 is 13.0. The van der Waals surface area contributed by atoms with Crippen molar-refractivity contribution < 1.29 is 9.18 Å². The van der Waals surface area contributed by atoms with Crippen LogP contribution in [0.1, 0.15) is 11.6 Å². The maximum Gasteiger partial charge on any atom is 0.345 e. The molecule has 0 radical (unpaired) electrons. The van der Waals surface area contributed by atoms with Gasteiger partial charge in [0.25, 0.3) is 0 Å². The number of aliphatic imine (C=N–C) groups is 1. The smallest absolute Gasteiger partial charge is 0.345 e. The summed E-state index contributed by atoms with van der Waals surface area (Å²) in [5.41, 5.74) is 6.27. The van der Waals surface area contributed by atoms with Gasteiger partial charge in [0.15, 0.2) is 0 Å². The van der Waals surface area contributed by atoms with Crippen molar-refractivity contribution in [2.75, 3.05) is 7.05 Å². The second-order valence-electron chi connectivity index (χ2n) is 3.51. The lowest BCUT2D eigenvalue weighted by Crippen LogP contribution is -2.30. The highest BCUT2D eigenvalue weighted by Crippen LogP contribution is 2.28. The minimum atomic E-state index is -0.507. The fourth-order valence-electron chi connectivity index (χ4n) is 1.64. The summed E-state index contributed by atoms with van der Waals surface area (Å²) >= 11 is 5.66. The van der Waals surface area contributed by atoms with Gasteiger partial charge in [-0.25, -0.2) is 9.18 Å². The van der Waals surface area contributed by atoms with Gasteiger partial charge in [-0.2, -0.15) is 4.99 Å². The highest BCUT2D eigenvalue weighted by molar-refractivity contribution is 6.30. The van der Waals surface area contributed by atoms with Gasteiger partial charge in [0.1, 0.15) is 17.7 Å². The predicted octanol–water partition coefficient (Wildman–Crippen LogP) is 1.94. The first-order valence-electron chi connectivity index (χ1n) is 4.56. The topological polar surface area (TPSA) is 58.7 Å².